The molecule has 36 heavy (non-hydrogen) atoms. The second-order valence-electron chi connectivity index (χ2n) is 11.4. The van der Waals surface area contributed by atoms with E-state index in [1.54, 1.807) is 18.2 Å². The lowest BCUT2D eigenvalue weighted by molar-refractivity contribution is 0.0272. The fraction of sp³-hybridized carbons (Fsp3) is 0.586. The Kier molecular flexibility index (Phi) is 7.67. The summed E-state index contributed by atoms with van der Waals surface area (Å²) in [6.07, 6.45) is 7.67. The van der Waals surface area contributed by atoms with E-state index >= 15 is 8.78 Å². The molecular formula is C29H39F2NO3S. The normalized spacial score (nSPS) is 36.0. The molecule has 0 aliphatic heterocycles. The molecule has 0 amide bonds. The Morgan fingerprint density at radius 3 is 2.64 bits per heavy atom. The summed E-state index contributed by atoms with van der Waals surface area (Å²) in [5, 5.41) is 16.6. The summed E-state index contributed by atoms with van der Waals surface area (Å²) in [5.41, 5.74) is 2.70. The monoisotopic (exact) mass is 519 g/mol. The van der Waals surface area contributed by atoms with Crippen LogP contribution in [0.5, 0.6) is 0 Å². The van der Waals surface area contributed by atoms with Gasteiger partial charge < -0.3 is 10.2 Å². The Morgan fingerprint density at radius 1 is 1.25 bits per heavy atom. The van der Waals surface area contributed by atoms with Crippen molar-refractivity contribution < 1.29 is 23.2 Å². The molecule has 0 unspecified atom stereocenters. The lowest BCUT2D eigenvalue weighted by Gasteiger charge is -2.45. The summed E-state index contributed by atoms with van der Waals surface area (Å²) in [6, 6.07) is 7.46. The maximum atomic E-state index is 15.3. The van der Waals surface area contributed by atoms with Crippen LogP contribution in [0, 0.1) is 27.9 Å². The molecule has 3 fully saturated rings. The van der Waals surface area contributed by atoms with Crippen molar-refractivity contribution in [3.63, 3.8) is 0 Å². The molecule has 3 N–H and O–H groups in total. The van der Waals surface area contributed by atoms with Gasteiger partial charge >= 0.3 is 5.25 Å². The van der Waals surface area contributed by atoms with Gasteiger partial charge in [0.25, 0.3) is 0 Å². The summed E-state index contributed by atoms with van der Waals surface area (Å²) in [7, 11) is -4.26. The highest BCUT2D eigenvalue weighted by Crippen LogP contribution is 2.60. The first-order valence-corrected chi connectivity index (χ1v) is 14.6. The van der Waals surface area contributed by atoms with Gasteiger partial charge in [-0.3, -0.25) is 0 Å². The topological polar surface area (TPSA) is 81.4 Å². The molecular weight excluding hydrogens is 480 g/mol. The second-order valence-corrected chi connectivity index (χ2v) is 13.5. The molecule has 0 bridgehead atoms. The summed E-state index contributed by atoms with van der Waals surface area (Å²) < 4.78 is 51.7. The maximum Gasteiger partial charge on any atom is 0.332 e. The summed E-state index contributed by atoms with van der Waals surface area (Å²) in [4.78, 5) is -0.117. The van der Waals surface area contributed by atoms with Crippen molar-refractivity contribution in [2.45, 2.75) is 87.6 Å². The number of alkyl halides is 2. The van der Waals surface area contributed by atoms with E-state index in [2.05, 4.69) is 19.6 Å². The van der Waals surface area contributed by atoms with Gasteiger partial charge in [-0.25, -0.2) is 8.99 Å². The Hall–Kier alpha value is -1.83. The van der Waals surface area contributed by atoms with Crippen LogP contribution in [0.4, 0.5) is 8.78 Å². The third-order valence-electron chi connectivity index (χ3n) is 9.04. The van der Waals surface area contributed by atoms with Crippen LogP contribution in [-0.2, 0) is 9.73 Å². The fourth-order valence-corrected chi connectivity index (χ4v) is 8.48. The first kappa shape index (κ1) is 27.2. The number of hydrogen-bond donors (Lipinski definition) is 3. The molecule has 1 aromatic carbocycles. The summed E-state index contributed by atoms with van der Waals surface area (Å²) >= 11 is 0. The molecule has 3 aliphatic rings. The molecule has 3 saturated carbocycles. The van der Waals surface area contributed by atoms with E-state index in [1.165, 1.54) is 17.7 Å². The highest BCUT2D eigenvalue weighted by molar-refractivity contribution is 7.93. The molecule has 7 heteroatoms. The van der Waals surface area contributed by atoms with Gasteiger partial charge in [-0.1, -0.05) is 56.4 Å². The van der Waals surface area contributed by atoms with E-state index in [4.69, 9.17) is 4.78 Å². The number of fused-ring (bicyclic) bond motifs is 1. The van der Waals surface area contributed by atoms with E-state index in [9.17, 15) is 14.4 Å². The van der Waals surface area contributed by atoms with Crippen LogP contribution in [0.25, 0.3) is 0 Å². The molecule has 4 nitrogen and oxygen atoms in total. The number of hydrogen-bond acceptors (Lipinski definition) is 4. The quantitative estimate of drug-likeness (QED) is 0.384. The van der Waals surface area contributed by atoms with Crippen molar-refractivity contribution in [1.82, 2.24) is 0 Å². The number of allylic oxidation sites excluding steroid dienone is 3. The third kappa shape index (κ3) is 4.99. The SMILES string of the molecule is C=C1C(=CC=C2CCC[C@]3(C)[C@@H]([C@H](C)CC(F)(F)[S@](=N)(=O)c4ccccc4)CC[C@@H]23)C[C@@H](O)C[C@@H]1O. The van der Waals surface area contributed by atoms with Crippen molar-refractivity contribution in [3.05, 3.63) is 65.8 Å². The van der Waals surface area contributed by atoms with Crippen molar-refractivity contribution in [3.8, 4) is 0 Å². The van der Waals surface area contributed by atoms with Gasteiger partial charge in [-0.2, -0.15) is 8.78 Å². The van der Waals surface area contributed by atoms with Crippen molar-refractivity contribution >= 4 is 9.73 Å². The molecule has 4 rings (SSSR count). The standard InChI is InChI=1S/C29H39F2NO3S/c1-19(18-29(30,31)36(32,35)24-9-5-4-6-10-24)25-13-14-26-21(8-7-15-28(25,26)3)11-12-22-16-23(33)17-27(34)20(22)2/h4-6,9-12,19,23,25-27,32-34H,2,7-8,13-18H2,1,3H3/t19-,23-,25-,26+,27+,28-,36-/m1/s1. The highest BCUT2D eigenvalue weighted by Gasteiger charge is 2.53. The van der Waals surface area contributed by atoms with E-state index in [0.717, 1.165) is 37.7 Å². The largest absolute Gasteiger partial charge is 0.393 e. The van der Waals surface area contributed by atoms with Gasteiger partial charge in [0.1, 0.15) is 9.73 Å². The molecule has 0 spiro atoms. The zero-order valence-electron chi connectivity index (χ0n) is 21.3. The predicted molar refractivity (Wildman–Crippen MR) is 139 cm³/mol. The fourth-order valence-electron chi connectivity index (χ4n) is 7.10. The summed E-state index contributed by atoms with van der Waals surface area (Å²) in [6.45, 7) is 8.05. The number of rotatable bonds is 6. The molecule has 0 radical (unpaired) electrons. The van der Waals surface area contributed by atoms with E-state index in [0.29, 0.717) is 18.4 Å². The van der Waals surface area contributed by atoms with Crippen LogP contribution in [0.3, 0.4) is 0 Å². The Bertz CT molecular complexity index is 1140. The average Bonchev–Trinajstić information content (AvgIpc) is 3.18. The first-order valence-electron chi connectivity index (χ1n) is 13.0. The lowest BCUT2D eigenvalue weighted by atomic mass is 9.61. The van der Waals surface area contributed by atoms with Crippen LogP contribution >= 0.6 is 0 Å². The van der Waals surface area contributed by atoms with Crippen LogP contribution in [0.1, 0.15) is 65.2 Å². The molecule has 3 aliphatic carbocycles. The number of benzene rings is 1. The second kappa shape index (κ2) is 10.1. The van der Waals surface area contributed by atoms with Crippen LogP contribution in [0.2, 0.25) is 0 Å². The average molecular weight is 520 g/mol. The smallest absolute Gasteiger partial charge is 0.332 e. The van der Waals surface area contributed by atoms with Crippen molar-refractivity contribution in [2.75, 3.05) is 0 Å². The van der Waals surface area contributed by atoms with Gasteiger partial charge in [0.2, 0.25) is 0 Å². The molecule has 0 heterocycles. The molecule has 7 atom stereocenters. The first-order chi connectivity index (χ1) is 16.9. The van der Waals surface area contributed by atoms with Gasteiger partial charge in [0, 0.05) is 12.8 Å². The molecule has 0 aromatic heterocycles. The Morgan fingerprint density at radius 2 is 1.94 bits per heavy atom. The number of aliphatic hydroxyl groups excluding tert-OH is 2. The highest BCUT2D eigenvalue weighted by atomic mass is 32.2. The minimum absolute atomic E-state index is 0.0593. The number of aliphatic hydroxyl groups is 2. The van der Waals surface area contributed by atoms with Gasteiger partial charge in [0.05, 0.1) is 17.1 Å². The Labute approximate surface area is 214 Å². The minimum atomic E-state index is -4.26. The lowest BCUT2D eigenvalue weighted by Crippen LogP contribution is -2.39. The zero-order valence-corrected chi connectivity index (χ0v) is 22.1. The molecule has 198 valence electrons. The van der Waals surface area contributed by atoms with Gasteiger partial charge in [-0.05, 0) is 85.0 Å². The van der Waals surface area contributed by atoms with Gasteiger partial charge in [-0.15, -0.1) is 0 Å². The molecule has 1 aromatic rings. The van der Waals surface area contributed by atoms with E-state index < -0.39 is 33.6 Å². The van der Waals surface area contributed by atoms with E-state index in [1.807, 2.05) is 13.0 Å². The minimum Gasteiger partial charge on any atom is -0.393 e. The van der Waals surface area contributed by atoms with E-state index in [-0.39, 0.29) is 28.1 Å². The Balaban J connectivity index is 1.53. The predicted octanol–water partition coefficient (Wildman–Crippen LogP) is 6.85. The van der Waals surface area contributed by atoms with Crippen molar-refractivity contribution in [2.24, 2.45) is 23.2 Å². The number of halogens is 2. The zero-order chi connectivity index (χ0) is 26.3. The van der Waals surface area contributed by atoms with Gasteiger partial charge in [0.15, 0.2) is 0 Å². The third-order valence-corrected chi connectivity index (χ3v) is 11.0. The van der Waals surface area contributed by atoms with Crippen LogP contribution in [0.15, 0.2) is 70.7 Å². The van der Waals surface area contributed by atoms with Crippen LogP contribution in [-0.4, -0.2) is 31.9 Å². The summed E-state index contributed by atoms with van der Waals surface area (Å²) in [5.74, 6) is -0.0274. The number of nitrogens with one attached hydrogen (secondary N) is 1. The molecule has 0 saturated heterocycles. The van der Waals surface area contributed by atoms with Crippen molar-refractivity contribution in [1.29, 1.82) is 4.78 Å². The maximum absolute atomic E-state index is 15.3. The van der Waals surface area contributed by atoms with Crippen LogP contribution < -0.4 is 0 Å².